The molecule has 4 nitrogen and oxygen atoms in total. The molecule has 4 heteroatoms. The third kappa shape index (κ3) is 3.23. The zero-order chi connectivity index (χ0) is 16.9. The zero-order valence-corrected chi connectivity index (χ0v) is 13.5. The van der Waals surface area contributed by atoms with Crippen LogP contribution in [0.4, 0.5) is 4.79 Å². The molecule has 1 atom stereocenters. The lowest BCUT2D eigenvalue weighted by atomic mass is 10.1. The van der Waals surface area contributed by atoms with Gasteiger partial charge in [0.2, 0.25) is 0 Å². The largest absolute Gasteiger partial charge is 0.328 e. The van der Waals surface area contributed by atoms with E-state index < -0.39 is 6.04 Å². The maximum Gasteiger partial charge on any atom is 0.328 e. The molecule has 3 amide bonds. The van der Waals surface area contributed by atoms with Gasteiger partial charge < -0.3 is 4.90 Å². The summed E-state index contributed by atoms with van der Waals surface area (Å²) in [5.74, 6) is -0.153. The minimum Gasteiger partial charge on any atom is -0.308 e. The van der Waals surface area contributed by atoms with Crippen LogP contribution in [0.1, 0.15) is 17.5 Å². The average molecular weight is 320 g/mol. The Balaban J connectivity index is 1.83. The van der Waals surface area contributed by atoms with Crippen molar-refractivity contribution in [2.45, 2.75) is 25.6 Å². The number of hydrogen-bond acceptors (Lipinski definition) is 2. The molecule has 0 saturated carbocycles. The van der Waals surface area contributed by atoms with Crippen LogP contribution in [0.15, 0.2) is 73.3 Å². The first kappa shape index (κ1) is 16.0. The quantitative estimate of drug-likeness (QED) is 0.603. The molecule has 1 saturated heterocycles. The van der Waals surface area contributed by atoms with E-state index in [1.165, 1.54) is 4.90 Å². The van der Waals surface area contributed by atoms with Crippen LogP contribution in [0.25, 0.3) is 0 Å². The summed E-state index contributed by atoms with van der Waals surface area (Å²) in [7, 11) is 0. The van der Waals surface area contributed by atoms with Crippen molar-refractivity contribution in [2.24, 2.45) is 0 Å². The van der Waals surface area contributed by atoms with Crippen molar-refractivity contribution < 1.29 is 9.59 Å². The standard InChI is InChI=1S/C20H20N2O2/c1-2-9-18-19(23)22(15-17-12-7-4-8-13-17)20(24)21(18)14-16-10-5-3-6-11-16/h2-8,10-13,18H,1,9,14-15H2. The smallest absolute Gasteiger partial charge is 0.308 e. The number of carbonyl (C=O) groups excluding carboxylic acids is 2. The molecule has 0 aliphatic carbocycles. The minimum absolute atomic E-state index is 0.153. The molecular weight excluding hydrogens is 300 g/mol. The van der Waals surface area contributed by atoms with E-state index in [-0.39, 0.29) is 11.9 Å². The van der Waals surface area contributed by atoms with Gasteiger partial charge in [-0.25, -0.2) is 4.79 Å². The molecule has 122 valence electrons. The monoisotopic (exact) mass is 320 g/mol. The number of imide groups is 1. The Labute approximate surface area is 142 Å². The van der Waals surface area contributed by atoms with Crippen LogP contribution in [0.2, 0.25) is 0 Å². The predicted octanol–water partition coefficient (Wildman–Crippen LogP) is 3.60. The molecule has 0 aromatic heterocycles. The zero-order valence-electron chi connectivity index (χ0n) is 13.5. The molecule has 1 heterocycles. The number of urea groups is 1. The van der Waals surface area contributed by atoms with Crippen LogP contribution in [0, 0.1) is 0 Å². The van der Waals surface area contributed by atoms with Crippen molar-refractivity contribution in [3.8, 4) is 0 Å². The van der Waals surface area contributed by atoms with E-state index in [4.69, 9.17) is 0 Å². The van der Waals surface area contributed by atoms with Crippen LogP contribution in [-0.4, -0.2) is 27.8 Å². The summed E-state index contributed by atoms with van der Waals surface area (Å²) in [6.45, 7) is 4.45. The first-order valence-electron chi connectivity index (χ1n) is 8.01. The lowest BCUT2D eigenvalue weighted by Crippen LogP contribution is -2.34. The van der Waals surface area contributed by atoms with Gasteiger partial charge in [0.05, 0.1) is 6.54 Å². The highest BCUT2D eigenvalue weighted by atomic mass is 16.2. The molecule has 1 aliphatic heterocycles. The number of hydrogen-bond donors (Lipinski definition) is 0. The summed E-state index contributed by atoms with van der Waals surface area (Å²) < 4.78 is 0. The van der Waals surface area contributed by atoms with Crippen molar-refractivity contribution >= 4 is 11.9 Å². The molecule has 2 aromatic carbocycles. The van der Waals surface area contributed by atoms with Gasteiger partial charge in [0.1, 0.15) is 6.04 Å². The summed E-state index contributed by atoms with van der Waals surface area (Å²) in [4.78, 5) is 28.5. The van der Waals surface area contributed by atoms with Crippen molar-refractivity contribution in [1.29, 1.82) is 0 Å². The van der Waals surface area contributed by atoms with Gasteiger partial charge >= 0.3 is 6.03 Å². The van der Waals surface area contributed by atoms with Gasteiger partial charge in [0.25, 0.3) is 5.91 Å². The molecule has 3 rings (SSSR count). The van der Waals surface area contributed by atoms with E-state index in [9.17, 15) is 9.59 Å². The van der Waals surface area contributed by atoms with E-state index in [1.54, 1.807) is 11.0 Å². The van der Waals surface area contributed by atoms with Gasteiger partial charge in [-0.3, -0.25) is 9.69 Å². The molecule has 0 spiro atoms. The summed E-state index contributed by atoms with van der Waals surface area (Å²) in [5.41, 5.74) is 1.95. The van der Waals surface area contributed by atoms with Gasteiger partial charge in [-0.1, -0.05) is 66.7 Å². The number of benzene rings is 2. The van der Waals surface area contributed by atoms with E-state index in [0.29, 0.717) is 19.5 Å². The van der Waals surface area contributed by atoms with Gasteiger partial charge in [-0.2, -0.15) is 0 Å². The third-order valence-corrected chi connectivity index (χ3v) is 4.17. The van der Waals surface area contributed by atoms with E-state index >= 15 is 0 Å². The van der Waals surface area contributed by atoms with Crippen molar-refractivity contribution in [3.63, 3.8) is 0 Å². The molecule has 1 unspecified atom stereocenters. The highest BCUT2D eigenvalue weighted by Crippen LogP contribution is 2.24. The lowest BCUT2D eigenvalue weighted by Gasteiger charge is -2.21. The van der Waals surface area contributed by atoms with Crippen molar-refractivity contribution in [2.75, 3.05) is 0 Å². The van der Waals surface area contributed by atoms with Crippen molar-refractivity contribution in [3.05, 3.63) is 84.4 Å². The SMILES string of the molecule is C=CCC1C(=O)N(Cc2ccccc2)C(=O)N1Cc1ccccc1. The van der Waals surface area contributed by atoms with Gasteiger partial charge in [-0.05, 0) is 17.5 Å². The minimum atomic E-state index is -0.473. The maximum absolute atomic E-state index is 12.8. The predicted molar refractivity (Wildman–Crippen MR) is 93.0 cm³/mol. The summed E-state index contributed by atoms with van der Waals surface area (Å²) in [6.07, 6.45) is 2.16. The topological polar surface area (TPSA) is 40.6 Å². The van der Waals surface area contributed by atoms with Crippen LogP contribution >= 0.6 is 0 Å². The lowest BCUT2D eigenvalue weighted by molar-refractivity contribution is -0.128. The molecule has 2 aromatic rings. The number of nitrogens with zero attached hydrogens (tertiary/aromatic N) is 2. The number of carbonyl (C=O) groups is 2. The fourth-order valence-electron chi connectivity index (χ4n) is 2.95. The van der Waals surface area contributed by atoms with Crippen LogP contribution in [-0.2, 0) is 17.9 Å². The Morgan fingerprint density at radius 1 is 0.875 bits per heavy atom. The summed E-state index contributed by atoms with van der Waals surface area (Å²) in [5, 5.41) is 0. The number of amides is 3. The second-order valence-electron chi connectivity index (χ2n) is 5.85. The fourth-order valence-corrected chi connectivity index (χ4v) is 2.95. The molecule has 1 aliphatic rings. The number of rotatable bonds is 6. The maximum atomic E-state index is 12.8. The van der Waals surface area contributed by atoms with Crippen LogP contribution in [0.3, 0.4) is 0 Å². The molecule has 24 heavy (non-hydrogen) atoms. The first-order chi connectivity index (χ1) is 11.7. The molecular formula is C20H20N2O2. The Bertz CT molecular complexity index is 728. The normalized spacial score (nSPS) is 17.4. The first-order valence-corrected chi connectivity index (χ1v) is 8.01. The van der Waals surface area contributed by atoms with Crippen LogP contribution < -0.4 is 0 Å². The third-order valence-electron chi connectivity index (χ3n) is 4.17. The Morgan fingerprint density at radius 2 is 1.42 bits per heavy atom. The van der Waals surface area contributed by atoms with Gasteiger partial charge in [0.15, 0.2) is 0 Å². The fraction of sp³-hybridized carbons (Fsp3) is 0.200. The average Bonchev–Trinajstić information content (AvgIpc) is 2.82. The second kappa shape index (κ2) is 7.13. The highest BCUT2D eigenvalue weighted by molar-refractivity contribution is 6.04. The molecule has 0 radical (unpaired) electrons. The van der Waals surface area contributed by atoms with Gasteiger partial charge in [0, 0.05) is 6.54 Å². The molecule has 1 fully saturated rings. The van der Waals surface area contributed by atoms with E-state index in [1.807, 2.05) is 60.7 Å². The molecule has 0 bridgehead atoms. The van der Waals surface area contributed by atoms with E-state index in [2.05, 4.69) is 6.58 Å². The Hall–Kier alpha value is -2.88. The Kier molecular flexibility index (Phi) is 4.75. The van der Waals surface area contributed by atoms with Gasteiger partial charge in [-0.15, -0.1) is 6.58 Å². The Morgan fingerprint density at radius 3 is 1.96 bits per heavy atom. The summed E-state index contributed by atoms with van der Waals surface area (Å²) in [6, 6.07) is 18.6. The van der Waals surface area contributed by atoms with Crippen LogP contribution in [0.5, 0.6) is 0 Å². The molecule has 0 N–H and O–H groups in total. The van der Waals surface area contributed by atoms with E-state index in [0.717, 1.165) is 11.1 Å². The van der Waals surface area contributed by atoms with Crippen molar-refractivity contribution in [1.82, 2.24) is 9.80 Å². The summed E-state index contributed by atoms with van der Waals surface area (Å²) >= 11 is 0. The second-order valence-corrected chi connectivity index (χ2v) is 5.85. The highest BCUT2D eigenvalue weighted by Gasteiger charge is 2.44.